The van der Waals surface area contributed by atoms with Crippen molar-refractivity contribution in [2.24, 2.45) is 5.92 Å². The van der Waals surface area contributed by atoms with Crippen LogP contribution in [0.4, 0.5) is 0 Å². The van der Waals surface area contributed by atoms with Gasteiger partial charge in [0, 0.05) is 36.9 Å². The van der Waals surface area contributed by atoms with E-state index in [2.05, 4.69) is 19.9 Å². The summed E-state index contributed by atoms with van der Waals surface area (Å²) in [6, 6.07) is 9.44. The van der Waals surface area contributed by atoms with E-state index in [-0.39, 0.29) is 18.1 Å². The van der Waals surface area contributed by atoms with Crippen molar-refractivity contribution >= 4 is 5.91 Å². The number of piperidine rings is 2. The highest BCUT2D eigenvalue weighted by molar-refractivity contribution is 5.98. The van der Waals surface area contributed by atoms with Crippen LogP contribution >= 0.6 is 0 Å². The highest BCUT2D eigenvalue weighted by Crippen LogP contribution is 2.38. The van der Waals surface area contributed by atoms with Gasteiger partial charge in [0.05, 0.1) is 11.6 Å². The molecule has 0 aromatic carbocycles. The molecule has 5 heterocycles. The minimum absolute atomic E-state index is 0.00690. The van der Waals surface area contributed by atoms with E-state index in [0.29, 0.717) is 28.9 Å². The SMILES string of the molecule is Cc1ccc(O[C@@H]2C[C@@H]3CC[C@@H]2N(C(=O)c2nc(C)ccc2-c2ncccn2)C3)nc1. The average molecular weight is 415 g/mol. The van der Waals surface area contributed by atoms with Crippen LogP contribution in [0.15, 0.2) is 48.9 Å². The molecule has 2 aliphatic heterocycles. The van der Waals surface area contributed by atoms with Crippen LogP contribution in [0.3, 0.4) is 0 Å². The third-order valence-electron chi connectivity index (χ3n) is 6.18. The molecule has 3 aliphatic rings. The van der Waals surface area contributed by atoms with E-state index >= 15 is 0 Å². The van der Waals surface area contributed by atoms with Crippen molar-refractivity contribution in [1.29, 1.82) is 0 Å². The van der Waals surface area contributed by atoms with Crippen LogP contribution in [0.1, 0.15) is 41.0 Å². The quantitative estimate of drug-likeness (QED) is 0.647. The number of ether oxygens (including phenoxy) is 1. The van der Waals surface area contributed by atoms with Crippen molar-refractivity contribution in [2.45, 2.75) is 45.3 Å². The van der Waals surface area contributed by atoms with Gasteiger partial charge < -0.3 is 9.64 Å². The smallest absolute Gasteiger partial charge is 0.273 e. The van der Waals surface area contributed by atoms with Crippen LogP contribution in [-0.2, 0) is 0 Å². The summed E-state index contributed by atoms with van der Waals surface area (Å²) < 4.78 is 6.25. The van der Waals surface area contributed by atoms with Gasteiger partial charge in [0.1, 0.15) is 11.8 Å². The molecule has 3 fully saturated rings. The second-order valence-corrected chi connectivity index (χ2v) is 8.46. The number of amides is 1. The standard InChI is InChI=1S/C24H25N5O2/c1-15-4-9-21(27-13-15)31-20-12-17-6-8-19(20)29(14-17)24(30)22-18(7-5-16(2)28-22)23-25-10-3-11-26-23/h3-5,7,9-11,13,17,19-20H,6,8,12,14H2,1-2H3/t17-,19-,20+/m0/s1. The number of carbonyl (C=O) groups excluding carboxylic acids is 1. The lowest BCUT2D eigenvalue weighted by Gasteiger charge is -2.49. The van der Waals surface area contributed by atoms with Gasteiger partial charge in [0.15, 0.2) is 5.82 Å². The molecule has 3 aromatic rings. The average Bonchev–Trinajstić information content (AvgIpc) is 2.81. The van der Waals surface area contributed by atoms with Crippen LogP contribution in [0.2, 0.25) is 0 Å². The summed E-state index contributed by atoms with van der Waals surface area (Å²) in [5.41, 5.74) is 2.96. The van der Waals surface area contributed by atoms with Gasteiger partial charge in [0.25, 0.3) is 5.91 Å². The zero-order chi connectivity index (χ0) is 21.4. The van der Waals surface area contributed by atoms with Crippen LogP contribution in [0.5, 0.6) is 5.88 Å². The summed E-state index contributed by atoms with van der Waals surface area (Å²) in [6.07, 6.45) is 8.09. The Morgan fingerprint density at radius 1 is 1.06 bits per heavy atom. The molecular formula is C24H25N5O2. The third-order valence-corrected chi connectivity index (χ3v) is 6.18. The molecule has 1 amide bonds. The Hall–Kier alpha value is -3.35. The number of nitrogens with zero attached hydrogens (tertiary/aromatic N) is 5. The Balaban J connectivity index is 1.44. The third kappa shape index (κ3) is 3.87. The Morgan fingerprint density at radius 3 is 2.65 bits per heavy atom. The molecule has 1 saturated carbocycles. The second-order valence-electron chi connectivity index (χ2n) is 8.46. The van der Waals surface area contributed by atoms with Crippen LogP contribution < -0.4 is 4.74 Å². The summed E-state index contributed by atoms with van der Waals surface area (Å²) in [7, 11) is 0. The number of carbonyl (C=O) groups is 1. The lowest BCUT2D eigenvalue weighted by Crippen LogP contribution is -2.59. The number of aromatic nitrogens is 4. The molecule has 158 valence electrons. The van der Waals surface area contributed by atoms with Gasteiger partial charge in [-0.15, -0.1) is 0 Å². The maximum Gasteiger partial charge on any atom is 0.273 e. The zero-order valence-electron chi connectivity index (χ0n) is 17.7. The molecule has 2 saturated heterocycles. The van der Waals surface area contributed by atoms with E-state index < -0.39 is 0 Å². The second kappa shape index (κ2) is 8.06. The molecule has 1 aliphatic carbocycles. The van der Waals surface area contributed by atoms with E-state index in [1.165, 1.54) is 0 Å². The highest BCUT2D eigenvalue weighted by atomic mass is 16.5. The number of aryl methyl sites for hydroxylation is 2. The zero-order valence-corrected chi connectivity index (χ0v) is 17.7. The number of pyridine rings is 2. The first-order valence-electron chi connectivity index (χ1n) is 10.7. The van der Waals surface area contributed by atoms with Gasteiger partial charge in [-0.05, 0) is 62.8 Å². The van der Waals surface area contributed by atoms with Crippen molar-refractivity contribution in [3.05, 3.63) is 65.9 Å². The van der Waals surface area contributed by atoms with Crippen molar-refractivity contribution in [3.63, 3.8) is 0 Å². The fourth-order valence-electron chi connectivity index (χ4n) is 4.65. The van der Waals surface area contributed by atoms with Crippen LogP contribution in [-0.4, -0.2) is 49.4 Å². The first-order chi connectivity index (χ1) is 15.1. The molecule has 6 rings (SSSR count). The molecule has 3 aromatic heterocycles. The van der Waals surface area contributed by atoms with Crippen molar-refractivity contribution in [2.75, 3.05) is 6.54 Å². The normalized spacial score (nSPS) is 22.4. The predicted octanol–water partition coefficient (Wildman–Crippen LogP) is 3.62. The summed E-state index contributed by atoms with van der Waals surface area (Å²) >= 11 is 0. The minimum atomic E-state index is -0.0778. The number of rotatable bonds is 4. The van der Waals surface area contributed by atoms with E-state index in [1.807, 2.05) is 49.2 Å². The fourth-order valence-corrected chi connectivity index (χ4v) is 4.65. The summed E-state index contributed by atoms with van der Waals surface area (Å²) in [6.45, 7) is 4.63. The molecule has 7 nitrogen and oxygen atoms in total. The van der Waals surface area contributed by atoms with E-state index in [4.69, 9.17) is 4.74 Å². The van der Waals surface area contributed by atoms with Gasteiger partial charge in [0.2, 0.25) is 5.88 Å². The van der Waals surface area contributed by atoms with Crippen molar-refractivity contribution in [1.82, 2.24) is 24.8 Å². The largest absolute Gasteiger partial charge is 0.472 e. The van der Waals surface area contributed by atoms with E-state index in [1.54, 1.807) is 18.5 Å². The Labute approximate surface area is 181 Å². The summed E-state index contributed by atoms with van der Waals surface area (Å²) in [5.74, 6) is 1.47. The molecular weight excluding hydrogens is 390 g/mol. The maximum absolute atomic E-state index is 13.7. The summed E-state index contributed by atoms with van der Waals surface area (Å²) in [5, 5.41) is 0. The molecule has 0 spiro atoms. The molecule has 0 N–H and O–H groups in total. The number of hydrogen-bond donors (Lipinski definition) is 0. The molecule has 3 atom stereocenters. The molecule has 7 heteroatoms. The van der Waals surface area contributed by atoms with E-state index in [9.17, 15) is 4.79 Å². The van der Waals surface area contributed by atoms with Crippen LogP contribution in [0, 0.1) is 19.8 Å². The lowest BCUT2D eigenvalue weighted by atomic mass is 9.77. The topological polar surface area (TPSA) is 81.1 Å². The molecule has 2 bridgehead atoms. The highest BCUT2D eigenvalue weighted by Gasteiger charge is 2.45. The van der Waals surface area contributed by atoms with Crippen molar-refractivity contribution < 1.29 is 9.53 Å². The minimum Gasteiger partial charge on any atom is -0.472 e. The van der Waals surface area contributed by atoms with Gasteiger partial charge in [-0.3, -0.25) is 4.79 Å². The first-order valence-corrected chi connectivity index (χ1v) is 10.7. The maximum atomic E-state index is 13.7. The Bertz CT molecular complexity index is 1090. The van der Waals surface area contributed by atoms with Gasteiger partial charge >= 0.3 is 0 Å². The van der Waals surface area contributed by atoms with E-state index in [0.717, 1.165) is 37.1 Å². The Kier molecular flexibility index (Phi) is 5.10. The van der Waals surface area contributed by atoms with Crippen LogP contribution in [0.25, 0.3) is 11.4 Å². The predicted molar refractivity (Wildman–Crippen MR) is 116 cm³/mol. The Morgan fingerprint density at radius 2 is 1.90 bits per heavy atom. The van der Waals surface area contributed by atoms with Gasteiger partial charge in [-0.25, -0.2) is 19.9 Å². The molecule has 31 heavy (non-hydrogen) atoms. The lowest BCUT2D eigenvalue weighted by molar-refractivity contribution is -0.0315. The summed E-state index contributed by atoms with van der Waals surface area (Å²) in [4.78, 5) is 33.3. The van der Waals surface area contributed by atoms with Gasteiger partial charge in [-0.1, -0.05) is 6.07 Å². The fraction of sp³-hybridized carbons (Fsp3) is 0.375. The molecule has 0 unspecified atom stereocenters. The number of hydrogen-bond acceptors (Lipinski definition) is 6. The van der Waals surface area contributed by atoms with Gasteiger partial charge in [-0.2, -0.15) is 0 Å². The monoisotopic (exact) mass is 415 g/mol. The van der Waals surface area contributed by atoms with Crippen molar-refractivity contribution in [3.8, 4) is 17.3 Å². The molecule has 0 radical (unpaired) electrons. The first kappa shape index (κ1) is 19.6. The number of fused-ring (bicyclic) bond motifs is 3.